The van der Waals surface area contributed by atoms with E-state index in [0.717, 1.165) is 6.21 Å². The first kappa shape index (κ1) is 13.9. The highest BCUT2D eigenvalue weighted by Gasteiger charge is 2.56. The van der Waals surface area contributed by atoms with E-state index >= 15 is 0 Å². The van der Waals surface area contributed by atoms with Crippen molar-refractivity contribution in [3.63, 3.8) is 0 Å². The molecule has 0 aliphatic heterocycles. The van der Waals surface area contributed by atoms with Crippen LogP contribution in [0.5, 0.6) is 0 Å². The van der Waals surface area contributed by atoms with Crippen molar-refractivity contribution in [3.05, 3.63) is 35.9 Å². The molecule has 0 bridgehead atoms. The van der Waals surface area contributed by atoms with Crippen LogP contribution in [0.3, 0.4) is 0 Å². The Hall–Kier alpha value is -1.17. The minimum atomic E-state index is -5.87. The van der Waals surface area contributed by atoms with E-state index in [4.69, 9.17) is 9.79 Å². The molecule has 17 heavy (non-hydrogen) atoms. The third kappa shape index (κ3) is 3.39. The molecular formula is C9H9F3NO3P. The predicted molar refractivity (Wildman–Crippen MR) is 55.9 cm³/mol. The summed E-state index contributed by atoms with van der Waals surface area (Å²) in [7, 11) is -5.87. The quantitative estimate of drug-likeness (QED) is 0.499. The molecule has 4 nitrogen and oxygen atoms in total. The lowest BCUT2D eigenvalue weighted by atomic mass is 10.2. The number of alkyl halides is 3. The van der Waals surface area contributed by atoms with Gasteiger partial charge in [0.05, 0.1) is 0 Å². The zero-order valence-corrected chi connectivity index (χ0v) is 9.27. The molecular weight excluding hydrogens is 258 g/mol. The molecule has 1 aromatic rings. The number of hydrogen-bond acceptors (Lipinski definition) is 2. The normalized spacial score (nSPS) is 15.1. The predicted octanol–water partition coefficient (Wildman–Crippen LogP) is 2.17. The van der Waals surface area contributed by atoms with Gasteiger partial charge in [-0.2, -0.15) is 8.78 Å². The first-order valence-corrected chi connectivity index (χ1v) is 6.02. The highest BCUT2D eigenvalue weighted by molar-refractivity contribution is 7.53. The lowest BCUT2D eigenvalue weighted by Gasteiger charge is -2.18. The van der Waals surface area contributed by atoms with Crippen molar-refractivity contribution >= 4 is 13.8 Å². The molecule has 0 fully saturated rings. The largest absolute Gasteiger partial charge is 0.399 e. The van der Waals surface area contributed by atoms with E-state index in [-0.39, 0.29) is 0 Å². The molecule has 0 aliphatic carbocycles. The molecule has 0 aliphatic rings. The maximum atomic E-state index is 12.9. The summed E-state index contributed by atoms with van der Waals surface area (Å²) in [6, 6.07) is 7.78. The number of aliphatic imine (C=N–C) groups is 1. The van der Waals surface area contributed by atoms with Gasteiger partial charge in [0, 0.05) is 6.21 Å². The number of nitrogens with zero attached hydrogens (tertiary/aromatic N) is 1. The van der Waals surface area contributed by atoms with E-state index in [9.17, 15) is 17.7 Å². The van der Waals surface area contributed by atoms with Gasteiger partial charge in [-0.1, -0.05) is 30.3 Å². The first-order chi connectivity index (χ1) is 7.75. The Kier molecular flexibility index (Phi) is 4.08. The number of halogens is 3. The fourth-order valence-corrected chi connectivity index (χ4v) is 1.26. The third-order valence-electron chi connectivity index (χ3n) is 1.83. The highest BCUT2D eigenvalue weighted by Crippen LogP contribution is 2.55. The second-order valence-electron chi connectivity index (χ2n) is 3.16. The molecule has 0 amide bonds. The van der Waals surface area contributed by atoms with Crippen molar-refractivity contribution in [1.82, 2.24) is 0 Å². The maximum absolute atomic E-state index is 12.9. The van der Waals surface area contributed by atoms with Gasteiger partial charge in [-0.15, -0.1) is 0 Å². The second kappa shape index (κ2) is 5.00. The number of benzene rings is 1. The van der Waals surface area contributed by atoms with Crippen LogP contribution in [0.15, 0.2) is 35.3 Å². The summed E-state index contributed by atoms with van der Waals surface area (Å²) in [5.74, 6) is 0. The molecule has 1 aromatic carbocycles. The SMILES string of the molecule is O=P(O)(O)C(F)(F)C(F)/N=C/c1ccccc1. The van der Waals surface area contributed by atoms with Crippen molar-refractivity contribution in [3.8, 4) is 0 Å². The van der Waals surface area contributed by atoms with Gasteiger partial charge < -0.3 is 9.79 Å². The molecule has 1 rings (SSSR count). The van der Waals surface area contributed by atoms with Crippen molar-refractivity contribution in [2.75, 3.05) is 0 Å². The first-order valence-electron chi connectivity index (χ1n) is 4.41. The zero-order chi connectivity index (χ0) is 13.1. The monoisotopic (exact) mass is 267 g/mol. The van der Waals surface area contributed by atoms with E-state index in [2.05, 4.69) is 4.99 Å². The molecule has 2 N–H and O–H groups in total. The van der Waals surface area contributed by atoms with Gasteiger partial charge in [0.15, 0.2) is 0 Å². The Morgan fingerprint density at radius 1 is 1.29 bits per heavy atom. The lowest BCUT2D eigenvalue weighted by Crippen LogP contribution is -2.28. The van der Waals surface area contributed by atoms with Gasteiger partial charge in [0.2, 0.25) is 0 Å². The molecule has 0 saturated carbocycles. The van der Waals surface area contributed by atoms with E-state index in [0.29, 0.717) is 5.56 Å². The minimum Gasteiger partial charge on any atom is -0.320 e. The summed E-state index contributed by atoms with van der Waals surface area (Å²) < 4.78 is 48.8. The topological polar surface area (TPSA) is 69.9 Å². The van der Waals surface area contributed by atoms with Gasteiger partial charge >= 0.3 is 13.3 Å². The van der Waals surface area contributed by atoms with Crippen LogP contribution >= 0.6 is 7.60 Å². The number of hydrogen-bond donors (Lipinski definition) is 2. The van der Waals surface area contributed by atoms with Gasteiger partial charge in [-0.3, -0.25) is 4.57 Å². The van der Waals surface area contributed by atoms with Crippen molar-refractivity contribution in [2.24, 2.45) is 4.99 Å². The van der Waals surface area contributed by atoms with Crippen LogP contribution in [0.2, 0.25) is 0 Å². The third-order valence-corrected chi connectivity index (χ3v) is 2.82. The van der Waals surface area contributed by atoms with Crippen LogP contribution in [0.1, 0.15) is 5.56 Å². The van der Waals surface area contributed by atoms with Crippen molar-refractivity contribution in [2.45, 2.75) is 12.0 Å². The highest BCUT2D eigenvalue weighted by atomic mass is 31.2. The standard InChI is InChI=1S/C9H9F3NO3P/c10-8(9(11,12)17(14,15)16)13-6-7-4-2-1-3-5-7/h1-6,8H,(H2,14,15,16)/b13-6+. The van der Waals surface area contributed by atoms with Gasteiger partial charge in [0.25, 0.3) is 6.30 Å². The Balaban J connectivity index is 2.83. The second-order valence-corrected chi connectivity index (χ2v) is 4.84. The Morgan fingerprint density at radius 2 is 1.82 bits per heavy atom. The summed E-state index contributed by atoms with van der Waals surface area (Å²) in [5.41, 5.74) is -4.48. The fourth-order valence-electron chi connectivity index (χ4n) is 0.919. The molecule has 1 atom stereocenters. The summed E-state index contributed by atoms with van der Waals surface area (Å²) in [6.07, 6.45) is -2.50. The smallest absolute Gasteiger partial charge is 0.320 e. The molecule has 94 valence electrons. The summed E-state index contributed by atoms with van der Waals surface area (Å²) in [5, 5.41) is 0. The summed E-state index contributed by atoms with van der Waals surface area (Å²) >= 11 is 0. The van der Waals surface area contributed by atoms with Crippen LogP contribution in [-0.2, 0) is 4.57 Å². The van der Waals surface area contributed by atoms with Gasteiger partial charge in [-0.25, -0.2) is 9.38 Å². The van der Waals surface area contributed by atoms with Crippen molar-refractivity contribution in [1.29, 1.82) is 0 Å². The molecule has 8 heteroatoms. The Bertz CT molecular complexity index is 446. The van der Waals surface area contributed by atoms with Crippen LogP contribution in [0.25, 0.3) is 0 Å². The van der Waals surface area contributed by atoms with E-state index in [1.807, 2.05) is 0 Å². The van der Waals surface area contributed by atoms with E-state index < -0.39 is 19.6 Å². The summed E-state index contributed by atoms with van der Waals surface area (Å²) in [4.78, 5) is 19.3. The minimum absolute atomic E-state index is 0.344. The van der Waals surface area contributed by atoms with Gasteiger partial charge in [0.1, 0.15) is 0 Å². The Morgan fingerprint density at radius 3 is 2.29 bits per heavy atom. The Labute approximate surface area is 95.0 Å². The van der Waals surface area contributed by atoms with Crippen LogP contribution in [0, 0.1) is 0 Å². The molecule has 0 spiro atoms. The molecule has 0 aromatic heterocycles. The lowest BCUT2D eigenvalue weighted by molar-refractivity contribution is -0.0131. The van der Waals surface area contributed by atoms with Crippen LogP contribution in [0.4, 0.5) is 13.2 Å². The average molecular weight is 267 g/mol. The summed E-state index contributed by atoms with van der Waals surface area (Å²) in [6.45, 7) is 0. The van der Waals surface area contributed by atoms with Crippen LogP contribution < -0.4 is 0 Å². The van der Waals surface area contributed by atoms with Gasteiger partial charge in [-0.05, 0) is 5.56 Å². The zero-order valence-electron chi connectivity index (χ0n) is 8.37. The van der Waals surface area contributed by atoms with E-state index in [1.54, 1.807) is 18.2 Å². The average Bonchev–Trinajstić information content (AvgIpc) is 2.25. The fraction of sp³-hybridized carbons (Fsp3) is 0.222. The van der Waals surface area contributed by atoms with E-state index in [1.165, 1.54) is 12.1 Å². The van der Waals surface area contributed by atoms with Crippen molar-refractivity contribution < 1.29 is 27.5 Å². The molecule has 1 unspecified atom stereocenters. The number of rotatable bonds is 4. The maximum Gasteiger partial charge on any atom is 0.399 e. The molecule has 0 heterocycles. The molecule has 0 radical (unpaired) electrons. The van der Waals surface area contributed by atoms with Crippen LogP contribution in [-0.4, -0.2) is 28.0 Å². The molecule has 0 saturated heterocycles.